The summed E-state index contributed by atoms with van der Waals surface area (Å²) in [7, 11) is 0. The van der Waals surface area contributed by atoms with Crippen LogP contribution in [0.1, 0.15) is 20.3 Å². The molecule has 1 aromatic heterocycles. The third-order valence-corrected chi connectivity index (χ3v) is 2.21. The van der Waals surface area contributed by atoms with Crippen LogP contribution in [0, 0.1) is 17.2 Å². The van der Waals surface area contributed by atoms with Gasteiger partial charge in [-0.15, -0.1) is 0 Å². The molecule has 0 amide bonds. The van der Waals surface area contributed by atoms with E-state index in [-0.39, 0.29) is 0 Å². The van der Waals surface area contributed by atoms with Gasteiger partial charge in [0.05, 0.1) is 24.4 Å². The van der Waals surface area contributed by atoms with Crippen LogP contribution in [-0.2, 0) is 0 Å². The Balaban J connectivity index is 2.75. The molecule has 0 aliphatic rings. The molecule has 86 valence electrons. The summed E-state index contributed by atoms with van der Waals surface area (Å²) in [5.41, 5.74) is 6.57. The summed E-state index contributed by atoms with van der Waals surface area (Å²) in [6.45, 7) is 5.97. The molecule has 0 aliphatic heterocycles. The highest BCUT2D eigenvalue weighted by molar-refractivity contribution is 5.48. The van der Waals surface area contributed by atoms with Gasteiger partial charge in [0.2, 0.25) is 0 Å². The quantitative estimate of drug-likeness (QED) is 0.821. The molecule has 16 heavy (non-hydrogen) atoms. The van der Waals surface area contributed by atoms with E-state index in [9.17, 15) is 0 Å². The Kier molecular flexibility index (Phi) is 4.59. The zero-order valence-corrected chi connectivity index (χ0v) is 9.85. The lowest BCUT2D eigenvalue weighted by molar-refractivity contribution is 0.611. The molecule has 0 fully saturated rings. The van der Waals surface area contributed by atoms with Gasteiger partial charge in [-0.05, 0) is 18.1 Å². The van der Waals surface area contributed by atoms with Crippen molar-refractivity contribution in [2.24, 2.45) is 5.92 Å². The molecule has 0 unspecified atom stereocenters. The van der Waals surface area contributed by atoms with Crippen LogP contribution in [0.3, 0.4) is 0 Å². The van der Waals surface area contributed by atoms with Crippen LogP contribution in [0.15, 0.2) is 18.3 Å². The number of rotatable bonds is 5. The maximum Gasteiger partial charge on any atom is 0.123 e. The maximum absolute atomic E-state index is 8.63. The van der Waals surface area contributed by atoms with E-state index in [0.717, 1.165) is 18.8 Å². The summed E-state index contributed by atoms with van der Waals surface area (Å²) >= 11 is 0. The van der Waals surface area contributed by atoms with Crippen LogP contribution in [0.2, 0.25) is 0 Å². The second-order valence-electron chi connectivity index (χ2n) is 4.19. The summed E-state index contributed by atoms with van der Waals surface area (Å²) in [4.78, 5) is 6.24. The van der Waals surface area contributed by atoms with E-state index in [1.807, 2.05) is 6.07 Å². The normalized spacial score (nSPS) is 10.1. The molecular weight excluding hydrogens is 200 g/mol. The number of nitriles is 1. The van der Waals surface area contributed by atoms with Crippen LogP contribution in [-0.4, -0.2) is 18.1 Å². The molecule has 1 heterocycles. The van der Waals surface area contributed by atoms with Crippen molar-refractivity contribution in [1.29, 1.82) is 5.26 Å². The number of pyridine rings is 1. The first-order valence-corrected chi connectivity index (χ1v) is 5.47. The van der Waals surface area contributed by atoms with Crippen molar-refractivity contribution in [2.75, 3.05) is 23.7 Å². The van der Waals surface area contributed by atoms with Gasteiger partial charge in [-0.25, -0.2) is 4.98 Å². The largest absolute Gasteiger partial charge is 0.384 e. The first-order valence-electron chi connectivity index (χ1n) is 5.47. The summed E-state index contributed by atoms with van der Waals surface area (Å²) < 4.78 is 0. The average Bonchev–Trinajstić information content (AvgIpc) is 2.25. The van der Waals surface area contributed by atoms with E-state index < -0.39 is 0 Å². The monoisotopic (exact) mass is 218 g/mol. The molecule has 4 heteroatoms. The number of nitrogens with zero attached hydrogens (tertiary/aromatic N) is 3. The Hall–Kier alpha value is -1.76. The van der Waals surface area contributed by atoms with Gasteiger partial charge in [0.25, 0.3) is 0 Å². The van der Waals surface area contributed by atoms with Gasteiger partial charge < -0.3 is 10.6 Å². The van der Waals surface area contributed by atoms with Crippen molar-refractivity contribution in [2.45, 2.75) is 20.3 Å². The predicted octanol–water partition coefficient (Wildman–Crippen LogP) is 2.04. The molecule has 0 radical (unpaired) electrons. The lowest BCUT2D eigenvalue weighted by atomic mass is 10.2. The minimum atomic E-state index is 0.522. The minimum Gasteiger partial charge on any atom is -0.384 e. The molecule has 2 N–H and O–H groups in total. The van der Waals surface area contributed by atoms with Crippen LogP contribution in [0.4, 0.5) is 11.5 Å². The molecule has 0 atom stereocenters. The zero-order valence-electron chi connectivity index (χ0n) is 9.85. The number of hydrogen-bond donors (Lipinski definition) is 1. The van der Waals surface area contributed by atoms with E-state index in [4.69, 9.17) is 11.0 Å². The fourth-order valence-corrected chi connectivity index (χ4v) is 1.54. The highest BCUT2D eigenvalue weighted by Gasteiger charge is 2.08. The lowest BCUT2D eigenvalue weighted by Gasteiger charge is -2.25. The Bertz CT molecular complexity index is 350. The first-order chi connectivity index (χ1) is 7.63. The van der Waals surface area contributed by atoms with E-state index in [2.05, 4.69) is 29.8 Å². The highest BCUT2D eigenvalue weighted by atomic mass is 15.1. The standard InChI is InChI=1S/C12H18N4/c1-10(2)9-16(7-3-6-13)11-4-5-12(14)15-8-11/h4-5,8,10H,3,7,9H2,1-2H3,(H2,14,15). The predicted molar refractivity (Wildman–Crippen MR) is 65.9 cm³/mol. The molecule has 4 nitrogen and oxygen atoms in total. The second kappa shape index (κ2) is 5.96. The number of nitrogens with two attached hydrogens (primary N) is 1. The summed E-state index contributed by atoms with van der Waals surface area (Å²) in [6.07, 6.45) is 2.28. The Labute approximate surface area is 96.7 Å². The molecule has 0 saturated heterocycles. The number of nitrogen functional groups attached to an aromatic ring is 1. The summed E-state index contributed by atoms with van der Waals surface area (Å²) in [5.74, 6) is 1.07. The van der Waals surface area contributed by atoms with Gasteiger partial charge in [-0.3, -0.25) is 0 Å². The Morgan fingerprint density at radius 3 is 2.75 bits per heavy atom. The van der Waals surface area contributed by atoms with Crippen molar-refractivity contribution in [1.82, 2.24) is 4.98 Å². The van der Waals surface area contributed by atoms with Gasteiger partial charge >= 0.3 is 0 Å². The van der Waals surface area contributed by atoms with E-state index >= 15 is 0 Å². The van der Waals surface area contributed by atoms with Gasteiger partial charge in [0.1, 0.15) is 5.82 Å². The number of anilines is 2. The summed E-state index contributed by atoms with van der Waals surface area (Å²) in [5, 5.41) is 8.63. The third-order valence-electron chi connectivity index (χ3n) is 2.21. The topological polar surface area (TPSA) is 65.9 Å². The van der Waals surface area contributed by atoms with Gasteiger partial charge in [0.15, 0.2) is 0 Å². The van der Waals surface area contributed by atoms with Gasteiger partial charge in [-0.1, -0.05) is 13.8 Å². The van der Waals surface area contributed by atoms with Crippen LogP contribution < -0.4 is 10.6 Å². The first kappa shape index (κ1) is 12.3. The number of aromatic nitrogens is 1. The second-order valence-corrected chi connectivity index (χ2v) is 4.19. The third kappa shape index (κ3) is 3.77. The van der Waals surface area contributed by atoms with Gasteiger partial charge in [-0.2, -0.15) is 5.26 Å². The molecule has 1 rings (SSSR count). The van der Waals surface area contributed by atoms with Crippen molar-refractivity contribution < 1.29 is 0 Å². The van der Waals surface area contributed by atoms with E-state index in [1.54, 1.807) is 12.3 Å². The van der Waals surface area contributed by atoms with Crippen molar-refractivity contribution in [3.8, 4) is 6.07 Å². The van der Waals surface area contributed by atoms with Crippen LogP contribution in [0.5, 0.6) is 0 Å². The van der Waals surface area contributed by atoms with Crippen molar-refractivity contribution in [3.63, 3.8) is 0 Å². The zero-order chi connectivity index (χ0) is 12.0. The van der Waals surface area contributed by atoms with Crippen LogP contribution >= 0.6 is 0 Å². The Morgan fingerprint density at radius 2 is 2.25 bits per heavy atom. The summed E-state index contributed by atoms with van der Waals surface area (Å²) in [6, 6.07) is 5.90. The smallest absolute Gasteiger partial charge is 0.123 e. The van der Waals surface area contributed by atoms with E-state index in [1.165, 1.54) is 0 Å². The SMILES string of the molecule is CC(C)CN(CCC#N)c1ccc(N)nc1. The van der Waals surface area contributed by atoms with Crippen molar-refractivity contribution >= 4 is 11.5 Å². The van der Waals surface area contributed by atoms with Gasteiger partial charge in [0, 0.05) is 13.1 Å². The molecule has 0 aliphatic carbocycles. The average molecular weight is 218 g/mol. The highest BCUT2D eigenvalue weighted by Crippen LogP contribution is 2.15. The molecule has 0 bridgehead atoms. The van der Waals surface area contributed by atoms with Crippen molar-refractivity contribution in [3.05, 3.63) is 18.3 Å². The fourth-order valence-electron chi connectivity index (χ4n) is 1.54. The van der Waals surface area contributed by atoms with E-state index in [0.29, 0.717) is 18.2 Å². The molecular formula is C12H18N4. The molecule has 1 aromatic rings. The molecule has 0 spiro atoms. The maximum atomic E-state index is 8.63. The van der Waals surface area contributed by atoms with Crippen LogP contribution in [0.25, 0.3) is 0 Å². The number of hydrogen-bond acceptors (Lipinski definition) is 4. The molecule has 0 saturated carbocycles. The minimum absolute atomic E-state index is 0.522. The Morgan fingerprint density at radius 1 is 1.50 bits per heavy atom. The lowest BCUT2D eigenvalue weighted by Crippen LogP contribution is -2.28. The molecule has 0 aromatic carbocycles. The fraction of sp³-hybridized carbons (Fsp3) is 0.500.